The highest BCUT2D eigenvalue weighted by atomic mass is 19.4. The van der Waals surface area contributed by atoms with Crippen LogP contribution in [0.15, 0.2) is 36.5 Å². The van der Waals surface area contributed by atoms with E-state index in [1.807, 2.05) is 0 Å². The predicted octanol–water partition coefficient (Wildman–Crippen LogP) is 3.50. The van der Waals surface area contributed by atoms with Crippen molar-refractivity contribution in [2.24, 2.45) is 5.92 Å². The van der Waals surface area contributed by atoms with Gasteiger partial charge in [0.05, 0.1) is 0 Å². The number of aromatic nitrogens is 2. The van der Waals surface area contributed by atoms with Gasteiger partial charge in [-0.3, -0.25) is 10.0 Å². The standard InChI is InChI=1S/C17H15F4N3O2/c1-2-11-13(16(11,18)15(25)24-26)9-3-5-10(6-4-9)14-22-8-7-12(23-14)17(19,20)21/h3-8,11,13,26H,2H2,1H3,(H,24,25)/t11-,13-,16+/m1/s1. The van der Waals surface area contributed by atoms with Crippen LogP contribution < -0.4 is 5.48 Å². The van der Waals surface area contributed by atoms with Crippen LogP contribution >= 0.6 is 0 Å². The van der Waals surface area contributed by atoms with Gasteiger partial charge in [-0.15, -0.1) is 0 Å². The zero-order valence-corrected chi connectivity index (χ0v) is 13.6. The summed E-state index contributed by atoms with van der Waals surface area (Å²) >= 11 is 0. The average molecular weight is 369 g/mol. The van der Waals surface area contributed by atoms with E-state index in [0.717, 1.165) is 12.3 Å². The van der Waals surface area contributed by atoms with E-state index >= 15 is 0 Å². The van der Waals surface area contributed by atoms with Crippen LogP contribution in [0, 0.1) is 5.92 Å². The monoisotopic (exact) mass is 369 g/mol. The second-order valence-electron chi connectivity index (χ2n) is 6.09. The van der Waals surface area contributed by atoms with Crippen LogP contribution in [0.25, 0.3) is 11.4 Å². The van der Waals surface area contributed by atoms with Gasteiger partial charge >= 0.3 is 6.18 Å². The van der Waals surface area contributed by atoms with Crippen LogP contribution in [0.5, 0.6) is 0 Å². The predicted molar refractivity (Wildman–Crippen MR) is 82.8 cm³/mol. The lowest BCUT2D eigenvalue weighted by Crippen LogP contribution is -2.33. The first-order valence-corrected chi connectivity index (χ1v) is 7.87. The number of carbonyl (C=O) groups is 1. The van der Waals surface area contributed by atoms with Crippen molar-refractivity contribution in [1.29, 1.82) is 0 Å². The number of hydroxylamine groups is 1. The number of alkyl halides is 4. The van der Waals surface area contributed by atoms with Crippen molar-refractivity contribution < 1.29 is 27.6 Å². The summed E-state index contributed by atoms with van der Waals surface area (Å²) in [6.45, 7) is 1.73. The van der Waals surface area contributed by atoms with E-state index in [2.05, 4.69) is 9.97 Å². The van der Waals surface area contributed by atoms with Gasteiger partial charge in [-0.1, -0.05) is 31.2 Å². The van der Waals surface area contributed by atoms with E-state index in [1.165, 1.54) is 29.7 Å². The molecule has 0 bridgehead atoms. The molecule has 9 heteroatoms. The third-order valence-electron chi connectivity index (χ3n) is 4.65. The highest BCUT2D eigenvalue weighted by Gasteiger charge is 2.70. The van der Waals surface area contributed by atoms with Crippen molar-refractivity contribution in [1.82, 2.24) is 15.4 Å². The van der Waals surface area contributed by atoms with Gasteiger partial charge in [0, 0.05) is 23.6 Å². The Morgan fingerprint density at radius 3 is 2.46 bits per heavy atom. The molecule has 0 spiro atoms. The Labute approximate surface area is 146 Å². The van der Waals surface area contributed by atoms with Crippen molar-refractivity contribution in [3.8, 4) is 11.4 Å². The van der Waals surface area contributed by atoms with E-state index < -0.39 is 35.3 Å². The normalized spacial score (nSPS) is 25.0. The molecule has 0 saturated heterocycles. The molecule has 138 valence electrons. The zero-order chi connectivity index (χ0) is 19.1. The largest absolute Gasteiger partial charge is 0.433 e. The molecule has 0 radical (unpaired) electrons. The summed E-state index contributed by atoms with van der Waals surface area (Å²) in [5.41, 5.74) is -1.05. The summed E-state index contributed by atoms with van der Waals surface area (Å²) in [6, 6.07) is 6.79. The van der Waals surface area contributed by atoms with E-state index in [9.17, 15) is 22.4 Å². The molecular weight excluding hydrogens is 354 g/mol. The lowest BCUT2D eigenvalue weighted by Gasteiger charge is -2.08. The molecule has 3 atom stereocenters. The molecule has 5 nitrogen and oxygen atoms in total. The highest BCUT2D eigenvalue weighted by Crippen LogP contribution is 2.62. The minimum absolute atomic E-state index is 0.103. The number of rotatable bonds is 4. The number of nitrogens with zero attached hydrogens (tertiary/aromatic N) is 2. The summed E-state index contributed by atoms with van der Waals surface area (Å²) in [6.07, 6.45) is -3.16. The molecule has 26 heavy (non-hydrogen) atoms. The van der Waals surface area contributed by atoms with Gasteiger partial charge in [-0.05, 0) is 18.1 Å². The molecule has 0 aliphatic heterocycles. The smallest absolute Gasteiger partial charge is 0.289 e. The summed E-state index contributed by atoms with van der Waals surface area (Å²) in [7, 11) is 0. The van der Waals surface area contributed by atoms with Gasteiger partial charge in [-0.2, -0.15) is 13.2 Å². The number of hydrogen-bond donors (Lipinski definition) is 2. The van der Waals surface area contributed by atoms with Crippen LogP contribution in [0.1, 0.15) is 30.5 Å². The van der Waals surface area contributed by atoms with E-state index in [0.29, 0.717) is 17.5 Å². The fraction of sp³-hybridized carbons (Fsp3) is 0.353. The van der Waals surface area contributed by atoms with Crippen molar-refractivity contribution in [3.05, 3.63) is 47.8 Å². The SMILES string of the molecule is CC[C@@H]1[C@@H](c2ccc(-c3nccc(C(F)(F)F)n3)cc2)[C@]1(F)C(=O)NO. The minimum atomic E-state index is -4.58. The Balaban J connectivity index is 1.87. The molecule has 1 amide bonds. The second-order valence-corrected chi connectivity index (χ2v) is 6.09. The van der Waals surface area contributed by atoms with Crippen molar-refractivity contribution in [2.75, 3.05) is 0 Å². The molecule has 1 saturated carbocycles. The summed E-state index contributed by atoms with van der Waals surface area (Å²) in [5, 5.41) is 8.72. The Morgan fingerprint density at radius 1 is 1.27 bits per heavy atom. The van der Waals surface area contributed by atoms with Gasteiger partial charge in [-0.25, -0.2) is 19.8 Å². The fourth-order valence-corrected chi connectivity index (χ4v) is 3.32. The molecule has 1 heterocycles. The summed E-state index contributed by atoms with van der Waals surface area (Å²) in [5.74, 6) is -2.50. The molecule has 1 aromatic carbocycles. The lowest BCUT2D eigenvalue weighted by atomic mass is 10.0. The van der Waals surface area contributed by atoms with Gasteiger partial charge in [0.25, 0.3) is 5.91 Å². The van der Waals surface area contributed by atoms with E-state index in [-0.39, 0.29) is 5.82 Å². The van der Waals surface area contributed by atoms with Crippen LogP contribution in [-0.4, -0.2) is 26.8 Å². The number of carbonyl (C=O) groups excluding carboxylic acids is 1. The second kappa shape index (κ2) is 6.31. The first-order valence-electron chi connectivity index (χ1n) is 7.87. The van der Waals surface area contributed by atoms with Gasteiger partial charge in [0.15, 0.2) is 5.82 Å². The van der Waals surface area contributed by atoms with Crippen molar-refractivity contribution in [3.63, 3.8) is 0 Å². The maximum atomic E-state index is 14.8. The topological polar surface area (TPSA) is 75.1 Å². The van der Waals surface area contributed by atoms with Gasteiger partial charge in [0.1, 0.15) is 5.69 Å². The number of hydrogen-bond acceptors (Lipinski definition) is 4. The fourth-order valence-electron chi connectivity index (χ4n) is 3.32. The van der Waals surface area contributed by atoms with Crippen LogP contribution in [0.3, 0.4) is 0 Å². The minimum Gasteiger partial charge on any atom is -0.289 e. The molecule has 0 unspecified atom stereocenters. The van der Waals surface area contributed by atoms with E-state index in [1.54, 1.807) is 6.92 Å². The number of amides is 1. The molecular formula is C17H15F4N3O2. The van der Waals surface area contributed by atoms with Crippen molar-refractivity contribution in [2.45, 2.75) is 31.1 Å². The van der Waals surface area contributed by atoms with E-state index in [4.69, 9.17) is 5.21 Å². The maximum Gasteiger partial charge on any atom is 0.433 e. The third kappa shape index (κ3) is 2.92. The Kier molecular flexibility index (Phi) is 4.43. The Morgan fingerprint density at radius 2 is 1.92 bits per heavy atom. The molecule has 1 aliphatic carbocycles. The average Bonchev–Trinajstić information content (AvgIpc) is 3.26. The molecule has 2 aromatic rings. The first-order chi connectivity index (χ1) is 12.2. The van der Waals surface area contributed by atoms with Crippen LogP contribution in [-0.2, 0) is 11.0 Å². The van der Waals surface area contributed by atoms with Crippen LogP contribution in [0.2, 0.25) is 0 Å². The Bertz CT molecular complexity index is 826. The number of nitrogens with one attached hydrogen (secondary N) is 1. The zero-order valence-electron chi connectivity index (χ0n) is 13.6. The van der Waals surface area contributed by atoms with Gasteiger partial charge < -0.3 is 0 Å². The number of halogens is 4. The lowest BCUT2D eigenvalue weighted by molar-refractivity contribution is -0.141. The first kappa shape index (κ1) is 18.2. The highest BCUT2D eigenvalue weighted by molar-refractivity contribution is 5.90. The molecule has 2 N–H and O–H groups in total. The van der Waals surface area contributed by atoms with Crippen LogP contribution in [0.4, 0.5) is 17.6 Å². The number of benzene rings is 1. The van der Waals surface area contributed by atoms with Gasteiger partial charge in [0.2, 0.25) is 5.67 Å². The quantitative estimate of drug-likeness (QED) is 0.491. The summed E-state index contributed by atoms with van der Waals surface area (Å²) < 4.78 is 53.0. The maximum absolute atomic E-state index is 14.8. The third-order valence-corrected chi connectivity index (χ3v) is 4.65. The molecule has 1 fully saturated rings. The molecule has 1 aliphatic rings. The Hall–Kier alpha value is -2.55. The van der Waals surface area contributed by atoms with Crippen molar-refractivity contribution >= 4 is 5.91 Å². The summed E-state index contributed by atoms with van der Waals surface area (Å²) in [4.78, 5) is 18.9. The molecule has 3 rings (SSSR count). The molecule has 1 aromatic heterocycles.